The number of likely N-dealkylation sites (tertiary alicyclic amines) is 1. The largest absolute Gasteiger partial charge is 0.396 e. The van der Waals surface area contributed by atoms with Crippen LogP contribution < -0.4 is 5.32 Å². The van der Waals surface area contributed by atoms with Gasteiger partial charge in [0.2, 0.25) is 0 Å². The second-order valence-corrected chi connectivity index (χ2v) is 5.34. The molecule has 1 saturated carbocycles. The Morgan fingerprint density at radius 1 is 1.12 bits per heavy atom. The molecule has 2 N–H and O–H groups in total. The van der Waals surface area contributed by atoms with Crippen molar-refractivity contribution in [2.45, 2.75) is 44.6 Å². The fraction of sp³-hybridized carbons (Fsp3) is 1.00. The van der Waals surface area contributed by atoms with E-state index in [-0.39, 0.29) is 0 Å². The van der Waals surface area contributed by atoms with E-state index < -0.39 is 0 Å². The van der Waals surface area contributed by atoms with Gasteiger partial charge in [0, 0.05) is 12.6 Å². The first-order valence-corrected chi connectivity index (χ1v) is 6.97. The van der Waals surface area contributed by atoms with Crippen LogP contribution in [-0.4, -0.2) is 48.8 Å². The van der Waals surface area contributed by atoms with Gasteiger partial charge < -0.3 is 15.3 Å². The normalized spacial score (nSPS) is 31.3. The molecule has 0 spiro atoms. The molecule has 0 aromatic carbocycles. The summed E-state index contributed by atoms with van der Waals surface area (Å²) >= 11 is 0. The van der Waals surface area contributed by atoms with Gasteiger partial charge in [0.05, 0.1) is 0 Å². The third kappa shape index (κ3) is 3.44. The summed E-state index contributed by atoms with van der Waals surface area (Å²) in [6, 6.07) is 0.587. The number of hydrogen-bond acceptors (Lipinski definition) is 3. The highest BCUT2D eigenvalue weighted by atomic mass is 16.3. The molecule has 0 aromatic rings. The third-order valence-electron chi connectivity index (χ3n) is 4.15. The van der Waals surface area contributed by atoms with Crippen molar-refractivity contribution < 1.29 is 5.11 Å². The standard InChI is InChI=1S/C13H26N2O/c16-11-12-5-3-6-13(12)14-7-4-10-15-8-1-2-9-15/h12-14,16H,1-11H2. The Bertz CT molecular complexity index is 192. The lowest BCUT2D eigenvalue weighted by atomic mass is 10.1. The van der Waals surface area contributed by atoms with Crippen LogP contribution in [0.25, 0.3) is 0 Å². The Balaban J connectivity index is 1.53. The minimum atomic E-state index is 0.365. The molecule has 0 amide bonds. The van der Waals surface area contributed by atoms with Gasteiger partial charge in [-0.1, -0.05) is 6.42 Å². The SMILES string of the molecule is OCC1CCCC1NCCCN1CCCC1. The van der Waals surface area contributed by atoms with E-state index in [1.54, 1.807) is 0 Å². The molecule has 2 aliphatic rings. The van der Waals surface area contributed by atoms with Gasteiger partial charge in [-0.05, 0) is 64.2 Å². The van der Waals surface area contributed by atoms with E-state index in [1.165, 1.54) is 58.2 Å². The summed E-state index contributed by atoms with van der Waals surface area (Å²) in [5, 5.41) is 12.8. The second-order valence-electron chi connectivity index (χ2n) is 5.34. The lowest BCUT2D eigenvalue weighted by Crippen LogP contribution is -2.36. The van der Waals surface area contributed by atoms with Crippen LogP contribution in [0.4, 0.5) is 0 Å². The number of aliphatic hydroxyl groups is 1. The molecule has 2 unspecified atom stereocenters. The van der Waals surface area contributed by atoms with Gasteiger partial charge in [-0.25, -0.2) is 0 Å². The highest BCUT2D eigenvalue weighted by Crippen LogP contribution is 2.24. The number of aliphatic hydroxyl groups excluding tert-OH is 1. The molecular weight excluding hydrogens is 200 g/mol. The predicted octanol–water partition coefficient (Wildman–Crippen LogP) is 1.22. The molecule has 0 bridgehead atoms. The Labute approximate surface area is 99.2 Å². The molecule has 1 saturated heterocycles. The molecule has 1 heterocycles. The summed E-state index contributed by atoms with van der Waals surface area (Å²) in [5.74, 6) is 0.520. The number of rotatable bonds is 6. The Morgan fingerprint density at radius 2 is 1.94 bits per heavy atom. The summed E-state index contributed by atoms with van der Waals surface area (Å²) < 4.78 is 0. The van der Waals surface area contributed by atoms with Crippen LogP contribution in [0.3, 0.4) is 0 Å². The van der Waals surface area contributed by atoms with Crippen molar-refractivity contribution in [1.82, 2.24) is 10.2 Å². The maximum absolute atomic E-state index is 9.22. The predicted molar refractivity (Wildman–Crippen MR) is 66.5 cm³/mol. The smallest absolute Gasteiger partial charge is 0.0474 e. The zero-order valence-electron chi connectivity index (χ0n) is 10.3. The summed E-state index contributed by atoms with van der Waals surface area (Å²) in [4.78, 5) is 2.57. The van der Waals surface area contributed by atoms with E-state index in [0.717, 1.165) is 6.54 Å². The maximum Gasteiger partial charge on any atom is 0.0474 e. The van der Waals surface area contributed by atoms with Gasteiger partial charge >= 0.3 is 0 Å². The molecule has 0 radical (unpaired) electrons. The number of nitrogens with zero attached hydrogens (tertiary/aromatic N) is 1. The van der Waals surface area contributed by atoms with Crippen LogP contribution in [0.15, 0.2) is 0 Å². The van der Waals surface area contributed by atoms with E-state index in [2.05, 4.69) is 10.2 Å². The molecular formula is C13H26N2O. The van der Waals surface area contributed by atoms with Crippen LogP contribution in [-0.2, 0) is 0 Å². The summed E-state index contributed by atoms with van der Waals surface area (Å²) in [7, 11) is 0. The van der Waals surface area contributed by atoms with Gasteiger partial charge in [0.25, 0.3) is 0 Å². The van der Waals surface area contributed by atoms with Crippen LogP contribution in [0, 0.1) is 5.92 Å². The molecule has 16 heavy (non-hydrogen) atoms. The zero-order chi connectivity index (χ0) is 11.2. The van der Waals surface area contributed by atoms with Crippen molar-refractivity contribution in [3.8, 4) is 0 Å². The summed E-state index contributed by atoms with van der Waals surface area (Å²) in [6.07, 6.45) is 7.80. The molecule has 2 atom stereocenters. The van der Waals surface area contributed by atoms with E-state index in [9.17, 15) is 5.11 Å². The molecule has 3 nitrogen and oxygen atoms in total. The monoisotopic (exact) mass is 226 g/mol. The van der Waals surface area contributed by atoms with Crippen LogP contribution >= 0.6 is 0 Å². The van der Waals surface area contributed by atoms with Crippen molar-refractivity contribution in [1.29, 1.82) is 0 Å². The first kappa shape index (κ1) is 12.3. The van der Waals surface area contributed by atoms with Crippen LogP contribution in [0.2, 0.25) is 0 Å². The van der Waals surface area contributed by atoms with Crippen LogP contribution in [0.5, 0.6) is 0 Å². The first-order valence-electron chi connectivity index (χ1n) is 6.97. The van der Waals surface area contributed by atoms with Gasteiger partial charge in [0.15, 0.2) is 0 Å². The van der Waals surface area contributed by atoms with Gasteiger partial charge in [-0.2, -0.15) is 0 Å². The second kappa shape index (κ2) is 6.58. The van der Waals surface area contributed by atoms with Crippen molar-refractivity contribution in [3.63, 3.8) is 0 Å². The molecule has 1 aliphatic carbocycles. The average Bonchev–Trinajstić information content (AvgIpc) is 2.95. The first-order chi connectivity index (χ1) is 7.90. The quantitative estimate of drug-likeness (QED) is 0.669. The fourth-order valence-electron chi connectivity index (χ4n) is 3.12. The maximum atomic E-state index is 9.22. The average molecular weight is 226 g/mol. The third-order valence-corrected chi connectivity index (χ3v) is 4.15. The van der Waals surface area contributed by atoms with Crippen LogP contribution in [0.1, 0.15) is 38.5 Å². The lowest BCUT2D eigenvalue weighted by Gasteiger charge is -2.20. The zero-order valence-corrected chi connectivity index (χ0v) is 10.3. The Kier molecular flexibility index (Phi) is 5.07. The van der Waals surface area contributed by atoms with Crippen molar-refractivity contribution in [2.24, 2.45) is 5.92 Å². The molecule has 3 heteroatoms. The van der Waals surface area contributed by atoms with E-state index in [4.69, 9.17) is 0 Å². The van der Waals surface area contributed by atoms with Crippen molar-refractivity contribution >= 4 is 0 Å². The van der Waals surface area contributed by atoms with Gasteiger partial charge in [-0.3, -0.25) is 0 Å². The van der Waals surface area contributed by atoms with Gasteiger partial charge in [0.1, 0.15) is 0 Å². The topological polar surface area (TPSA) is 35.5 Å². The minimum absolute atomic E-state index is 0.365. The van der Waals surface area contributed by atoms with E-state index in [0.29, 0.717) is 18.6 Å². The Hall–Kier alpha value is -0.120. The van der Waals surface area contributed by atoms with Gasteiger partial charge in [-0.15, -0.1) is 0 Å². The van der Waals surface area contributed by atoms with E-state index in [1.807, 2.05) is 0 Å². The minimum Gasteiger partial charge on any atom is -0.396 e. The number of hydrogen-bond donors (Lipinski definition) is 2. The highest BCUT2D eigenvalue weighted by molar-refractivity contribution is 4.82. The molecule has 2 rings (SSSR count). The molecule has 1 aliphatic heterocycles. The van der Waals surface area contributed by atoms with Crippen molar-refractivity contribution in [2.75, 3.05) is 32.8 Å². The fourth-order valence-corrected chi connectivity index (χ4v) is 3.12. The highest BCUT2D eigenvalue weighted by Gasteiger charge is 2.25. The summed E-state index contributed by atoms with van der Waals surface area (Å²) in [5.41, 5.74) is 0. The van der Waals surface area contributed by atoms with E-state index >= 15 is 0 Å². The molecule has 94 valence electrons. The molecule has 0 aromatic heterocycles. The summed E-state index contributed by atoms with van der Waals surface area (Å²) in [6.45, 7) is 5.36. The lowest BCUT2D eigenvalue weighted by molar-refractivity contribution is 0.204. The number of nitrogens with one attached hydrogen (secondary N) is 1. The Morgan fingerprint density at radius 3 is 2.69 bits per heavy atom. The molecule has 2 fully saturated rings. The van der Waals surface area contributed by atoms with Crippen molar-refractivity contribution in [3.05, 3.63) is 0 Å².